The Morgan fingerprint density at radius 1 is 0.929 bits per heavy atom. The molecule has 0 spiro atoms. The molecule has 0 saturated heterocycles. The highest BCUT2D eigenvalue weighted by Crippen LogP contribution is 2.18. The molecule has 6 nitrogen and oxygen atoms in total. The second kappa shape index (κ2) is 18.9. The number of carbonyl (C=O) groups is 1. The molecule has 0 radical (unpaired) electrons. The van der Waals surface area contributed by atoms with Gasteiger partial charge in [-0.3, -0.25) is 4.79 Å². The molecule has 0 aliphatic carbocycles. The lowest BCUT2D eigenvalue weighted by Gasteiger charge is -2.15. The first kappa shape index (κ1) is 31.3. The minimum Gasteiger partial charge on any atom is -0.325 e. The van der Waals surface area contributed by atoms with Crippen molar-refractivity contribution < 1.29 is 13.2 Å². The Balaban J connectivity index is -0.000000946. The van der Waals surface area contributed by atoms with Crippen LogP contribution in [0.25, 0.3) is 0 Å². The van der Waals surface area contributed by atoms with Crippen molar-refractivity contribution in [3.63, 3.8) is 0 Å². The van der Waals surface area contributed by atoms with Crippen molar-refractivity contribution in [2.45, 2.75) is 73.5 Å². The Labute approximate surface area is 173 Å². The SMILES string of the molecule is CC.CC.CC.CNCC(=O)Nc1ccc(C(C)CNS(=O)(=O)C(C)C)cc1. The van der Waals surface area contributed by atoms with Gasteiger partial charge in [-0.05, 0) is 44.5 Å². The Morgan fingerprint density at radius 2 is 1.39 bits per heavy atom. The minimum absolute atomic E-state index is 0.0515. The molecule has 0 fully saturated rings. The average Bonchev–Trinajstić information content (AvgIpc) is 2.71. The zero-order valence-corrected chi connectivity index (χ0v) is 20.3. The maximum atomic E-state index is 11.7. The number of nitrogens with one attached hydrogen (secondary N) is 3. The monoisotopic (exact) mass is 417 g/mol. The molecule has 0 heterocycles. The fourth-order valence-corrected chi connectivity index (χ4v) is 2.60. The summed E-state index contributed by atoms with van der Waals surface area (Å²) in [5.41, 5.74) is 1.73. The molecule has 3 N–H and O–H groups in total. The van der Waals surface area contributed by atoms with Crippen molar-refractivity contribution in [1.29, 1.82) is 0 Å². The summed E-state index contributed by atoms with van der Waals surface area (Å²) in [5.74, 6) is -0.0522. The van der Waals surface area contributed by atoms with Gasteiger partial charge in [0.15, 0.2) is 0 Å². The lowest BCUT2D eigenvalue weighted by atomic mass is 10.0. The van der Waals surface area contributed by atoms with Crippen LogP contribution in [0.4, 0.5) is 5.69 Å². The fourth-order valence-electron chi connectivity index (χ4n) is 1.79. The first-order chi connectivity index (χ1) is 13.3. The van der Waals surface area contributed by atoms with Crippen LogP contribution in [0.1, 0.15) is 73.8 Å². The van der Waals surface area contributed by atoms with Crippen LogP contribution in [0.2, 0.25) is 0 Å². The maximum absolute atomic E-state index is 11.7. The number of benzene rings is 1. The summed E-state index contributed by atoms with van der Waals surface area (Å²) < 4.78 is 26.1. The Kier molecular flexibility index (Phi) is 21.1. The Hall–Kier alpha value is -1.44. The van der Waals surface area contributed by atoms with Crippen molar-refractivity contribution in [2.24, 2.45) is 0 Å². The van der Waals surface area contributed by atoms with Gasteiger partial charge in [-0.2, -0.15) is 0 Å². The topological polar surface area (TPSA) is 87.3 Å². The Morgan fingerprint density at radius 3 is 1.79 bits per heavy atom. The van der Waals surface area contributed by atoms with E-state index in [9.17, 15) is 13.2 Å². The van der Waals surface area contributed by atoms with E-state index < -0.39 is 15.3 Å². The average molecular weight is 418 g/mol. The summed E-state index contributed by atoms with van der Waals surface area (Å²) >= 11 is 0. The summed E-state index contributed by atoms with van der Waals surface area (Å²) in [5, 5.41) is 5.11. The predicted octanol–water partition coefficient (Wildman–Crippen LogP) is 4.35. The highest BCUT2D eigenvalue weighted by molar-refractivity contribution is 7.90. The third-order valence-corrected chi connectivity index (χ3v) is 5.12. The van der Waals surface area contributed by atoms with Crippen LogP contribution in [0.5, 0.6) is 0 Å². The van der Waals surface area contributed by atoms with E-state index in [1.807, 2.05) is 72.7 Å². The molecule has 1 rings (SSSR count). The van der Waals surface area contributed by atoms with E-state index >= 15 is 0 Å². The number of sulfonamides is 1. The molecular formula is C21H43N3O3S. The number of likely N-dealkylation sites (N-methyl/N-ethyl adjacent to an activating group) is 1. The van der Waals surface area contributed by atoms with Crippen molar-refractivity contribution in [1.82, 2.24) is 10.0 Å². The molecule has 0 saturated carbocycles. The summed E-state index contributed by atoms with van der Waals surface area (Å²) in [6, 6.07) is 7.42. The zero-order chi connectivity index (χ0) is 22.8. The summed E-state index contributed by atoms with van der Waals surface area (Å²) in [6.45, 7) is 17.9. The number of anilines is 1. The molecule has 1 amide bonds. The smallest absolute Gasteiger partial charge is 0.238 e. The van der Waals surface area contributed by atoms with Crippen LogP contribution in [0.3, 0.4) is 0 Å². The highest BCUT2D eigenvalue weighted by atomic mass is 32.2. The lowest BCUT2D eigenvalue weighted by Crippen LogP contribution is -2.33. The van der Waals surface area contributed by atoms with Gasteiger partial charge in [0.25, 0.3) is 0 Å². The number of rotatable bonds is 8. The van der Waals surface area contributed by atoms with E-state index in [1.54, 1.807) is 20.9 Å². The highest BCUT2D eigenvalue weighted by Gasteiger charge is 2.17. The molecule has 1 atom stereocenters. The zero-order valence-electron chi connectivity index (χ0n) is 19.5. The second-order valence-corrected chi connectivity index (χ2v) is 7.87. The minimum atomic E-state index is -3.25. The molecule has 0 bridgehead atoms. The van der Waals surface area contributed by atoms with Crippen LogP contribution < -0.4 is 15.4 Å². The summed E-state index contributed by atoms with van der Waals surface area (Å²) in [7, 11) is -1.53. The first-order valence-corrected chi connectivity index (χ1v) is 11.8. The van der Waals surface area contributed by atoms with Gasteiger partial charge in [0.2, 0.25) is 15.9 Å². The van der Waals surface area contributed by atoms with Crippen LogP contribution in [0, 0.1) is 0 Å². The molecule has 1 aromatic rings. The molecule has 0 aliphatic heterocycles. The molecule has 0 aromatic heterocycles. The van der Waals surface area contributed by atoms with Gasteiger partial charge in [0, 0.05) is 12.2 Å². The summed E-state index contributed by atoms with van der Waals surface area (Å²) in [6.07, 6.45) is 0. The van der Waals surface area contributed by atoms with Gasteiger partial charge in [-0.25, -0.2) is 13.1 Å². The maximum Gasteiger partial charge on any atom is 0.238 e. The standard InChI is InChI=1S/C15H25N3O3S.3C2H6/c1-11(2)22(20,21)17-9-12(3)13-5-7-14(8-6-13)18-15(19)10-16-4;3*1-2/h5-8,11-12,16-17H,9-10H2,1-4H3,(H,18,19);3*1-2H3. The predicted molar refractivity (Wildman–Crippen MR) is 124 cm³/mol. The molecule has 7 heteroatoms. The van der Waals surface area contributed by atoms with Crippen molar-refractivity contribution >= 4 is 21.6 Å². The van der Waals surface area contributed by atoms with E-state index in [-0.39, 0.29) is 18.4 Å². The van der Waals surface area contributed by atoms with E-state index in [4.69, 9.17) is 0 Å². The van der Waals surface area contributed by atoms with Crippen LogP contribution in [-0.4, -0.2) is 39.7 Å². The molecule has 1 aromatic carbocycles. The van der Waals surface area contributed by atoms with Gasteiger partial charge in [-0.1, -0.05) is 60.6 Å². The number of carbonyl (C=O) groups excluding carboxylic acids is 1. The quantitative estimate of drug-likeness (QED) is 0.587. The second-order valence-electron chi connectivity index (χ2n) is 5.54. The largest absolute Gasteiger partial charge is 0.325 e. The molecule has 166 valence electrons. The van der Waals surface area contributed by atoms with Gasteiger partial charge in [0.1, 0.15) is 0 Å². The van der Waals surface area contributed by atoms with E-state index in [1.165, 1.54) is 0 Å². The third-order valence-electron chi connectivity index (χ3n) is 3.31. The van der Waals surface area contributed by atoms with E-state index in [0.717, 1.165) is 11.3 Å². The van der Waals surface area contributed by atoms with Gasteiger partial charge < -0.3 is 10.6 Å². The normalized spacial score (nSPS) is 11.0. The third kappa shape index (κ3) is 13.7. The molecular weight excluding hydrogens is 374 g/mol. The number of amides is 1. The molecule has 0 aliphatic rings. The Bertz CT molecular complexity index is 585. The van der Waals surface area contributed by atoms with Crippen LogP contribution >= 0.6 is 0 Å². The van der Waals surface area contributed by atoms with Gasteiger partial charge in [0.05, 0.1) is 11.8 Å². The summed E-state index contributed by atoms with van der Waals surface area (Å²) in [4.78, 5) is 11.5. The van der Waals surface area contributed by atoms with E-state index in [2.05, 4.69) is 15.4 Å². The van der Waals surface area contributed by atoms with Crippen molar-refractivity contribution in [3.8, 4) is 0 Å². The molecule has 28 heavy (non-hydrogen) atoms. The first-order valence-electron chi connectivity index (χ1n) is 10.3. The van der Waals surface area contributed by atoms with Gasteiger partial charge in [-0.15, -0.1) is 0 Å². The van der Waals surface area contributed by atoms with Crippen LogP contribution in [0.15, 0.2) is 24.3 Å². The lowest BCUT2D eigenvalue weighted by molar-refractivity contribution is -0.115. The fraction of sp³-hybridized carbons (Fsp3) is 0.667. The number of hydrogen-bond donors (Lipinski definition) is 3. The van der Waals surface area contributed by atoms with Crippen molar-refractivity contribution in [2.75, 3.05) is 25.5 Å². The van der Waals surface area contributed by atoms with Crippen molar-refractivity contribution in [3.05, 3.63) is 29.8 Å². The van der Waals surface area contributed by atoms with Gasteiger partial charge >= 0.3 is 0 Å². The van der Waals surface area contributed by atoms with Crippen LogP contribution in [-0.2, 0) is 14.8 Å². The van der Waals surface area contributed by atoms with E-state index in [0.29, 0.717) is 6.54 Å². The number of hydrogen-bond acceptors (Lipinski definition) is 4. The molecule has 1 unspecified atom stereocenters.